The maximum Gasteiger partial charge on any atom is 0.416 e. The summed E-state index contributed by atoms with van der Waals surface area (Å²) in [5.74, 6) is 0.169. The van der Waals surface area contributed by atoms with Gasteiger partial charge in [-0.25, -0.2) is 0 Å². The van der Waals surface area contributed by atoms with E-state index in [-0.39, 0.29) is 5.56 Å². The van der Waals surface area contributed by atoms with Crippen molar-refractivity contribution in [1.29, 1.82) is 0 Å². The lowest BCUT2D eigenvalue weighted by molar-refractivity contribution is -0.137. The van der Waals surface area contributed by atoms with Crippen LogP contribution in [0.2, 0.25) is 0 Å². The van der Waals surface area contributed by atoms with Crippen LogP contribution in [0, 0.1) is 5.92 Å². The molecule has 4 rings (SSSR count). The van der Waals surface area contributed by atoms with E-state index < -0.39 is 23.2 Å². The quantitative estimate of drug-likeness (QED) is 0.482. The first kappa shape index (κ1) is 23.3. The van der Waals surface area contributed by atoms with Gasteiger partial charge >= 0.3 is 6.18 Å². The van der Waals surface area contributed by atoms with Gasteiger partial charge in [0.05, 0.1) is 22.7 Å². The summed E-state index contributed by atoms with van der Waals surface area (Å²) < 4.78 is 40.4. The Morgan fingerprint density at radius 2 is 1.73 bits per heavy atom. The average molecular weight is 460 g/mol. The maximum absolute atomic E-state index is 12.8. The minimum atomic E-state index is -4.47. The number of hydrogen-bond donors (Lipinski definition) is 2. The van der Waals surface area contributed by atoms with Gasteiger partial charge in [0.15, 0.2) is 0 Å². The van der Waals surface area contributed by atoms with Gasteiger partial charge in [-0.3, -0.25) is 9.48 Å². The Morgan fingerprint density at radius 1 is 1.09 bits per heavy atom. The first-order valence-corrected chi connectivity index (χ1v) is 11.2. The third kappa shape index (κ3) is 5.05. The van der Waals surface area contributed by atoms with Crippen LogP contribution in [-0.2, 0) is 11.8 Å². The van der Waals surface area contributed by atoms with E-state index in [1.165, 1.54) is 0 Å². The number of fused-ring (bicyclic) bond motifs is 1. The van der Waals surface area contributed by atoms with Crippen molar-refractivity contribution >= 4 is 22.5 Å². The predicted molar refractivity (Wildman–Crippen MR) is 121 cm³/mol. The van der Waals surface area contributed by atoms with Gasteiger partial charge in [-0.1, -0.05) is 6.92 Å². The number of halogens is 3. The van der Waals surface area contributed by atoms with E-state index in [2.05, 4.69) is 12.2 Å². The molecule has 8 heteroatoms. The molecule has 33 heavy (non-hydrogen) atoms. The SMILES string of the molecule is CC(C)(O)c1cc2nn([C@H]3CC[C@H](C)CC3)cc2cc1NC(=O)c1ccc(C(F)(F)F)cc1. The second-order valence-electron chi connectivity index (χ2n) is 9.57. The van der Waals surface area contributed by atoms with Crippen molar-refractivity contribution in [3.63, 3.8) is 0 Å². The zero-order chi connectivity index (χ0) is 24.0. The van der Waals surface area contributed by atoms with Crippen LogP contribution < -0.4 is 5.32 Å². The van der Waals surface area contributed by atoms with Crippen molar-refractivity contribution in [3.05, 3.63) is 59.3 Å². The zero-order valence-electron chi connectivity index (χ0n) is 18.9. The van der Waals surface area contributed by atoms with Crippen molar-refractivity contribution < 1.29 is 23.1 Å². The van der Waals surface area contributed by atoms with Crippen molar-refractivity contribution in [2.45, 2.75) is 64.3 Å². The highest BCUT2D eigenvalue weighted by atomic mass is 19.4. The Kier molecular flexibility index (Phi) is 5.99. The maximum atomic E-state index is 12.8. The topological polar surface area (TPSA) is 67.2 Å². The molecule has 1 aliphatic rings. The summed E-state index contributed by atoms with van der Waals surface area (Å²) in [4.78, 5) is 12.8. The number of aromatic nitrogens is 2. The summed E-state index contributed by atoms with van der Waals surface area (Å²) in [5.41, 5.74) is -0.382. The van der Waals surface area contributed by atoms with Crippen molar-refractivity contribution in [3.8, 4) is 0 Å². The fraction of sp³-hybridized carbons (Fsp3) is 0.440. The van der Waals surface area contributed by atoms with Crippen LogP contribution in [0.15, 0.2) is 42.6 Å². The average Bonchev–Trinajstić information content (AvgIpc) is 3.15. The summed E-state index contributed by atoms with van der Waals surface area (Å²) in [6.07, 6.45) is 1.92. The second-order valence-corrected chi connectivity index (χ2v) is 9.57. The zero-order valence-corrected chi connectivity index (χ0v) is 18.9. The van der Waals surface area contributed by atoms with Gasteiger partial charge in [-0.2, -0.15) is 18.3 Å². The summed E-state index contributed by atoms with van der Waals surface area (Å²) >= 11 is 0. The molecule has 0 aliphatic heterocycles. The number of carbonyl (C=O) groups is 1. The van der Waals surface area contributed by atoms with Crippen LogP contribution in [0.25, 0.3) is 10.9 Å². The number of aliphatic hydroxyl groups is 1. The number of hydrogen-bond acceptors (Lipinski definition) is 3. The number of carbonyl (C=O) groups excluding carboxylic acids is 1. The van der Waals surface area contributed by atoms with Crippen molar-refractivity contribution in [1.82, 2.24) is 9.78 Å². The number of anilines is 1. The van der Waals surface area contributed by atoms with E-state index in [1.54, 1.807) is 26.0 Å². The molecule has 5 nitrogen and oxygen atoms in total. The summed E-state index contributed by atoms with van der Waals surface area (Å²) in [6.45, 7) is 5.49. The Balaban J connectivity index is 1.64. The van der Waals surface area contributed by atoms with Crippen molar-refractivity contribution in [2.24, 2.45) is 5.92 Å². The summed E-state index contributed by atoms with van der Waals surface area (Å²) in [7, 11) is 0. The molecule has 1 heterocycles. The molecule has 0 spiro atoms. The predicted octanol–water partition coefficient (Wildman–Crippen LogP) is 6.29. The van der Waals surface area contributed by atoms with E-state index in [1.807, 2.05) is 10.9 Å². The number of alkyl halides is 3. The molecular formula is C25H28F3N3O2. The fourth-order valence-corrected chi connectivity index (χ4v) is 4.40. The monoisotopic (exact) mass is 459 g/mol. The summed E-state index contributed by atoms with van der Waals surface area (Å²) in [6, 6.07) is 7.89. The third-order valence-corrected chi connectivity index (χ3v) is 6.40. The molecule has 1 saturated carbocycles. The molecule has 176 valence electrons. The van der Waals surface area contributed by atoms with Crippen LogP contribution >= 0.6 is 0 Å². The fourth-order valence-electron chi connectivity index (χ4n) is 4.40. The second kappa shape index (κ2) is 8.48. The molecule has 1 fully saturated rings. The third-order valence-electron chi connectivity index (χ3n) is 6.40. The standard InChI is InChI=1S/C25H28F3N3O2/c1-15-4-10-19(11-5-15)31-14-17-12-22(20(24(2,3)33)13-21(17)30-31)29-23(32)16-6-8-18(9-7-16)25(26,27)28/h6-9,12-15,19,33H,4-5,10-11H2,1-3H3,(H,29,32)/t15-,19-. The number of nitrogens with one attached hydrogen (secondary N) is 1. The molecule has 2 N–H and O–H groups in total. The minimum absolute atomic E-state index is 0.0943. The highest BCUT2D eigenvalue weighted by Gasteiger charge is 2.30. The Hall–Kier alpha value is -2.87. The van der Waals surface area contributed by atoms with E-state index in [0.29, 0.717) is 17.3 Å². The highest BCUT2D eigenvalue weighted by Crippen LogP contribution is 2.36. The van der Waals surface area contributed by atoms with Crippen molar-refractivity contribution in [2.75, 3.05) is 5.32 Å². The smallest absolute Gasteiger partial charge is 0.386 e. The lowest BCUT2D eigenvalue weighted by Gasteiger charge is -2.26. The lowest BCUT2D eigenvalue weighted by Crippen LogP contribution is -2.21. The van der Waals surface area contributed by atoms with E-state index >= 15 is 0 Å². The molecule has 0 bridgehead atoms. The van der Waals surface area contributed by atoms with Gasteiger partial charge in [0.25, 0.3) is 5.91 Å². The molecule has 0 radical (unpaired) electrons. The lowest BCUT2D eigenvalue weighted by atomic mass is 9.87. The number of benzene rings is 2. The normalized spacial score (nSPS) is 19.6. The van der Waals surface area contributed by atoms with E-state index in [4.69, 9.17) is 5.10 Å². The van der Waals surface area contributed by atoms with Crippen LogP contribution in [0.4, 0.5) is 18.9 Å². The molecule has 0 atom stereocenters. The van der Waals surface area contributed by atoms with Crippen LogP contribution in [-0.4, -0.2) is 20.8 Å². The Bertz CT molecular complexity index is 1150. The van der Waals surface area contributed by atoms with Crippen LogP contribution in [0.3, 0.4) is 0 Å². The first-order valence-electron chi connectivity index (χ1n) is 11.2. The number of nitrogens with zero attached hydrogens (tertiary/aromatic N) is 2. The van der Waals surface area contributed by atoms with Gasteiger partial charge in [0.1, 0.15) is 0 Å². The molecule has 1 aliphatic carbocycles. The van der Waals surface area contributed by atoms with E-state index in [9.17, 15) is 23.1 Å². The molecule has 2 aromatic carbocycles. The summed E-state index contributed by atoms with van der Waals surface area (Å²) in [5, 5.41) is 19.0. The van der Waals surface area contributed by atoms with Gasteiger partial charge in [0.2, 0.25) is 0 Å². The molecule has 0 saturated heterocycles. The number of amides is 1. The molecule has 0 unspecified atom stereocenters. The Morgan fingerprint density at radius 3 is 2.30 bits per heavy atom. The Labute approximate surface area is 190 Å². The van der Waals surface area contributed by atoms with Gasteiger partial charge < -0.3 is 10.4 Å². The van der Waals surface area contributed by atoms with E-state index in [0.717, 1.165) is 66.8 Å². The van der Waals surface area contributed by atoms with Gasteiger partial charge in [-0.05, 0) is 81.8 Å². The molecular weight excluding hydrogens is 431 g/mol. The number of rotatable bonds is 4. The first-order chi connectivity index (χ1) is 15.4. The molecule has 3 aromatic rings. The minimum Gasteiger partial charge on any atom is -0.386 e. The van der Waals surface area contributed by atoms with Gasteiger partial charge in [0, 0.05) is 28.4 Å². The van der Waals surface area contributed by atoms with Gasteiger partial charge in [-0.15, -0.1) is 0 Å². The largest absolute Gasteiger partial charge is 0.416 e. The van der Waals surface area contributed by atoms with Crippen LogP contribution in [0.1, 0.15) is 74.0 Å². The molecule has 1 amide bonds. The highest BCUT2D eigenvalue weighted by molar-refractivity contribution is 6.05. The van der Waals surface area contributed by atoms with Crippen LogP contribution in [0.5, 0.6) is 0 Å². The molecule has 1 aromatic heterocycles.